The lowest BCUT2D eigenvalue weighted by atomic mass is 10.1. The summed E-state index contributed by atoms with van der Waals surface area (Å²) in [6.45, 7) is 0. The minimum atomic E-state index is -0.423. The van der Waals surface area contributed by atoms with E-state index in [-0.39, 0.29) is 11.6 Å². The molecule has 0 aromatic heterocycles. The van der Waals surface area contributed by atoms with Gasteiger partial charge in [0.2, 0.25) is 0 Å². The van der Waals surface area contributed by atoms with Crippen molar-refractivity contribution in [3.63, 3.8) is 0 Å². The van der Waals surface area contributed by atoms with Crippen molar-refractivity contribution in [3.8, 4) is 5.75 Å². The quantitative estimate of drug-likeness (QED) is 0.840. The number of aliphatic hydroxyl groups excluding tert-OH is 1. The third kappa shape index (κ3) is 3.72. The Morgan fingerprint density at radius 3 is 2.80 bits per heavy atom. The maximum Gasteiger partial charge on any atom is 0.165 e. The van der Waals surface area contributed by atoms with Crippen LogP contribution >= 0.6 is 11.8 Å². The van der Waals surface area contributed by atoms with E-state index in [1.807, 2.05) is 6.26 Å². The SMILES string of the molecule is COc1ccc(CC(O)CSC)cc1F. The fraction of sp³-hybridized carbons (Fsp3) is 0.455. The first-order chi connectivity index (χ1) is 7.17. The van der Waals surface area contributed by atoms with Gasteiger partial charge in [-0.15, -0.1) is 0 Å². The van der Waals surface area contributed by atoms with Gasteiger partial charge in [0.1, 0.15) is 0 Å². The lowest BCUT2D eigenvalue weighted by Crippen LogP contribution is -2.13. The Labute approximate surface area is 93.5 Å². The van der Waals surface area contributed by atoms with Crippen LogP contribution in [0.25, 0.3) is 0 Å². The Balaban J connectivity index is 2.66. The lowest BCUT2D eigenvalue weighted by Gasteiger charge is -2.09. The summed E-state index contributed by atoms with van der Waals surface area (Å²) >= 11 is 1.57. The third-order valence-corrected chi connectivity index (χ3v) is 2.76. The highest BCUT2D eigenvalue weighted by Crippen LogP contribution is 2.18. The van der Waals surface area contributed by atoms with E-state index < -0.39 is 6.10 Å². The van der Waals surface area contributed by atoms with E-state index in [1.54, 1.807) is 23.9 Å². The first-order valence-electron chi connectivity index (χ1n) is 4.66. The fourth-order valence-corrected chi connectivity index (χ4v) is 1.86. The molecular weight excluding hydrogens is 215 g/mol. The van der Waals surface area contributed by atoms with Gasteiger partial charge in [0.25, 0.3) is 0 Å². The molecule has 0 saturated heterocycles. The van der Waals surface area contributed by atoms with Crippen LogP contribution in [-0.4, -0.2) is 30.3 Å². The Bertz CT molecular complexity index is 317. The molecule has 1 aromatic carbocycles. The third-order valence-electron chi connectivity index (χ3n) is 2.05. The second-order valence-corrected chi connectivity index (χ2v) is 4.19. The van der Waals surface area contributed by atoms with Gasteiger partial charge in [0.15, 0.2) is 11.6 Å². The first kappa shape index (κ1) is 12.3. The molecule has 0 saturated carbocycles. The van der Waals surface area contributed by atoms with Gasteiger partial charge in [0, 0.05) is 5.75 Å². The highest BCUT2D eigenvalue weighted by Gasteiger charge is 2.08. The normalized spacial score (nSPS) is 12.5. The zero-order chi connectivity index (χ0) is 11.3. The van der Waals surface area contributed by atoms with Gasteiger partial charge in [-0.2, -0.15) is 11.8 Å². The molecule has 1 atom stereocenters. The average Bonchev–Trinajstić information content (AvgIpc) is 2.18. The van der Waals surface area contributed by atoms with E-state index >= 15 is 0 Å². The molecule has 1 rings (SSSR count). The molecule has 0 heterocycles. The van der Waals surface area contributed by atoms with Crippen LogP contribution in [0.4, 0.5) is 4.39 Å². The van der Waals surface area contributed by atoms with Crippen molar-refractivity contribution in [1.82, 2.24) is 0 Å². The molecule has 0 radical (unpaired) electrons. The minimum absolute atomic E-state index is 0.234. The summed E-state index contributed by atoms with van der Waals surface area (Å²) in [5.74, 6) is 0.512. The predicted octanol–water partition coefficient (Wildman–Crippen LogP) is 2.10. The Morgan fingerprint density at radius 2 is 2.27 bits per heavy atom. The molecule has 1 N–H and O–H groups in total. The molecule has 0 spiro atoms. The number of methoxy groups -OCH3 is 1. The summed E-state index contributed by atoms with van der Waals surface area (Å²) < 4.78 is 18.1. The van der Waals surface area contributed by atoms with Crippen LogP contribution in [-0.2, 0) is 6.42 Å². The van der Waals surface area contributed by atoms with Gasteiger partial charge in [0.05, 0.1) is 13.2 Å². The molecule has 15 heavy (non-hydrogen) atoms. The van der Waals surface area contributed by atoms with Gasteiger partial charge in [-0.05, 0) is 30.4 Å². The highest BCUT2D eigenvalue weighted by atomic mass is 32.2. The summed E-state index contributed by atoms with van der Waals surface area (Å²) in [6.07, 6.45) is 1.98. The van der Waals surface area contributed by atoms with Crippen LogP contribution in [0, 0.1) is 5.82 Å². The van der Waals surface area contributed by atoms with Crippen LogP contribution in [0.2, 0.25) is 0 Å². The molecule has 0 aliphatic rings. The van der Waals surface area contributed by atoms with Gasteiger partial charge in [-0.25, -0.2) is 4.39 Å². The molecule has 0 aliphatic heterocycles. The van der Waals surface area contributed by atoms with Crippen molar-refractivity contribution in [2.45, 2.75) is 12.5 Å². The van der Waals surface area contributed by atoms with Gasteiger partial charge in [-0.3, -0.25) is 0 Å². The molecule has 4 heteroatoms. The number of thioether (sulfide) groups is 1. The van der Waals surface area contributed by atoms with Crippen LogP contribution in [0.5, 0.6) is 5.75 Å². The van der Waals surface area contributed by atoms with E-state index in [9.17, 15) is 9.50 Å². The molecular formula is C11H15FO2S. The van der Waals surface area contributed by atoms with Crippen molar-refractivity contribution in [1.29, 1.82) is 0 Å². The summed E-state index contributed by atoms with van der Waals surface area (Å²) in [7, 11) is 1.43. The number of halogens is 1. The Hall–Kier alpha value is -0.740. The van der Waals surface area contributed by atoms with Gasteiger partial charge >= 0.3 is 0 Å². The molecule has 0 fully saturated rings. The maximum absolute atomic E-state index is 13.3. The van der Waals surface area contributed by atoms with E-state index in [4.69, 9.17) is 4.74 Å². The number of hydrogen-bond donors (Lipinski definition) is 1. The summed E-state index contributed by atoms with van der Waals surface area (Å²) in [6, 6.07) is 4.75. The zero-order valence-corrected chi connectivity index (χ0v) is 9.68. The molecule has 1 aromatic rings. The molecule has 84 valence electrons. The minimum Gasteiger partial charge on any atom is -0.494 e. The van der Waals surface area contributed by atoms with E-state index in [0.29, 0.717) is 12.2 Å². The number of aliphatic hydroxyl groups is 1. The Morgan fingerprint density at radius 1 is 1.53 bits per heavy atom. The first-order valence-corrected chi connectivity index (χ1v) is 6.06. The van der Waals surface area contributed by atoms with E-state index in [1.165, 1.54) is 13.2 Å². The van der Waals surface area contributed by atoms with Crippen LogP contribution in [0.15, 0.2) is 18.2 Å². The second kappa shape index (κ2) is 5.98. The van der Waals surface area contributed by atoms with Gasteiger partial charge < -0.3 is 9.84 Å². The average molecular weight is 230 g/mol. The van der Waals surface area contributed by atoms with Crippen molar-refractivity contribution in [2.24, 2.45) is 0 Å². The monoisotopic (exact) mass is 230 g/mol. The highest BCUT2D eigenvalue weighted by molar-refractivity contribution is 7.98. The number of hydrogen-bond acceptors (Lipinski definition) is 3. The second-order valence-electron chi connectivity index (χ2n) is 3.28. The standard InChI is InChI=1S/C11H15FO2S/c1-14-11-4-3-8(6-10(11)12)5-9(13)7-15-2/h3-4,6,9,13H,5,7H2,1-2H3. The molecule has 1 unspecified atom stereocenters. The fourth-order valence-electron chi connectivity index (χ4n) is 1.36. The lowest BCUT2D eigenvalue weighted by molar-refractivity contribution is 0.200. The molecule has 0 amide bonds. The molecule has 0 bridgehead atoms. The summed E-state index contributed by atoms with van der Waals surface area (Å²) in [4.78, 5) is 0. The van der Waals surface area contributed by atoms with Crippen LogP contribution in [0.3, 0.4) is 0 Å². The Kier molecular flexibility index (Phi) is 4.91. The van der Waals surface area contributed by atoms with E-state index in [0.717, 1.165) is 5.56 Å². The van der Waals surface area contributed by atoms with Crippen molar-refractivity contribution >= 4 is 11.8 Å². The molecule has 2 nitrogen and oxygen atoms in total. The van der Waals surface area contributed by atoms with Crippen LogP contribution < -0.4 is 4.74 Å². The van der Waals surface area contributed by atoms with Crippen LogP contribution in [0.1, 0.15) is 5.56 Å². The van der Waals surface area contributed by atoms with E-state index in [2.05, 4.69) is 0 Å². The maximum atomic E-state index is 13.3. The number of benzene rings is 1. The van der Waals surface area contributed by atoms with Gasteiger partial charge in [-0.1, -0.05) is 6.07 Å². The number of ether oxygens (including phenoxy) is 1. The topological polar surface area (TPSA) is 29.5 Å². The zero-order valence-electron chi connectivity index (χ0n) is 8.87. The molecule has 0 aliphatic carbocycles. The van der Waals surface area contributed by atoms with Crippen molar-refractivity contribution < 1.29 is 14.2 Å². The predicted molar refractivity (Wildman–Crippen MR) is 61.0 cm³/mol. The summed E-state index contributed by atoms with van der Waals surface area (Å²) in [5, 5.41) is 9.55. The number of rotatable bonds is 5. The van der Waals surface area contributed by atoms with Crippen molar-refractivity contribution in [3.05, 3.63) is 29.6 Å². The smallest absolute Gasteiger partial charge is 0.165 e. The van der Waals surface area contributed by atoms with Crippen molar-refractivity contribution in [2.75, 3.05) is 19.1 Å². The largest absolute Gasteiger partial charge is 0.494 e. The summed E-state index contributed by atoms with van der Waals surface area (Å²) in [5.41, 5.74) is 0.787.